The number of urea groups is 1. The summed E-state index contributed by atoms with van der Waals surface area (Å²) < 4.78 is 14.1. The van der Waals surface area contributed by atoms with Crippen LogP contribution in [-0.4, -0.2) is 15.9 Å². The van der Waals surface area contributed by atoms with Crippen LogP contribution in [0.3, 0.4) is 0 Å². The van der Waals surface area contributed by atoms with E-state index in [1.54, 1.807) is 42.5 Å². The van der Waals surface area contributed by atoms with E-state index in [2.05, 4.69) is 10.3 Å². The lowest BCUT2D eigenvalue weighted by Gasteiger charge is -2.23. The van der Waals surface area contributed by atoms with Gasteiger partial charge >= 0.3 is 6.03 Å². The largest absolute Gasteiger partial charge is 0.322 e. The van der Waals surface area contributed by atoms with Crippen molar-refractivity contribution in [1.82, 2.24) is 9.88 Å². The third kappa shape index (κ3) is 4.81. The van der Waals surface area contributed by atoms with E-state index >= 15 is 0 Å². The maximum atomic E-state index is 14.1. The van der Waals surface area contributed by atoms with Crippen molar-refractivity contribution in [2.24, 2.45) is 0 Å². The summed E-state index contributed by atoms with van der Waals surface area (Å²) in [5.41, 5.74) is 2.78. The number of rotatable bonds is 5. The summed E-state index contributed by atoms with van der Waals surface area (Å²) in [6, 6.07) is 20.0. The fourth-order valence-corrected chi connectivity index (χ4v) is 3.64. The minimum absolute atomic E-state index is 0.0438. The van der Waals surface area contributed by atoms with Crippen molar-refractivity contribution in [2.45, 2.75) is 20.0 Å². The molecule has 4 aromatic rings. The first-order valence-electron chi connectivity index (χ1n) is 10.1. The highest BCUT2D eigenvalue weighted by Crippen LogP contribution is 2.19. The number of nitrogens with one attached hydrogen (secondary N) is 2. The average molecular weight is 450 g/mol. The number of amides is 2. The monoisotopic (exact) mass is 449 g/mol. The first kappa shape index (κ1) is 21.6. The molecule has 7 heteroatoms. The first-order valence-corrected chi connectivity index (χ1v) is 10.4. The Kier molecular flexibility index (Phi) is 6.23. The number of hydrogen-bond donors (Lipinski definition) is 2. The second-order valence-corrected chi connectivity index (χ2v) is 7.99. The number of aryl methyl sites for hydroxylation is 1. The number of H-pyrrole nitrogens is 1. The first-order chi connectivity index (χ1) is 15.4. The molecule has 162 valence electrons. The molecule has 0 aliphatic rings. The molecule has 32 heavy (non-hydrogen) atoms. The van der Waals surface area contributed by atoms with Crippen molar-refractivity contribution < 1.29 is 9.18 Å². The molecule has 0 fully saturated rings. The van der Waals surface area contributed by atoms with Gasteiger partial charge in [0.15, 0.2) is 0 Å². The van der Waals surface area contributed by atoms with Gasteiger partial charge in [0.25, 0.3) is 5.56 Å². The summed E-state index contributed by atoms with van der Waals surface area (Å²) in [5, 5.41) is 4.06. The van der Waals surface area contributed by atoms with E-state index < -0.39 is 11.8 Å². The summed E-state index contributed by atoms with van der Waals surface area (Å²) in [5.74, 6) is -0.536. The fraction of sp³-hybridized carbons (Fsp3) is 0.120. The molecule has 0 atom stereocenters. The summed E-state index contributed by atoms with van der Waals surface area (Å²) in [6.45, 7) is 2.18. The molecule has 4 rings (SSSR count). The Bertz CT molecular complexity index is 1340. The van der Waals surface area contributed by atoms with Gasteiger partial charge in [-0.15, -0.1) is 0 Å². The number of anilines is 1. The maximum Gasteiger partial charge on any atom is 0.322 e. The predicted molar refractivity (Wildman–Crippen MR) is 125 cm³/mol. The second-order valence-electron chi connectivity index (χ2n) is 7.56. The topological polar surface area (TPSA) is 65.2 Å². The minimum Gasteiger partial charge on any atom is -0.321 e. The lowest BCUT2D eigenvalue weighted by atomic mass is 10.1. The molecule has 5 nitrogen and oxygen atoms in total. The van der Waals surface area contributed by atoms with Crippen LogP contribution in [0.25, 0.3) is 10.9 Å². The Balaban J connectivity index is 1.67. The van der Waals surface area contributed by atoms with Gasteiger partial charge in [-0.25, -0.2) is 9.18 Å². The smallest absolute Gasteiger partial charge is 0.321 e. The zero-order valence-corrected chi connectivity index (χ0v) is 18.1. The molecule has 0 aliphatic carbocycles. The molecule has 0 saturated carbocycles. The molecule has 2 amide bonds. The number of aromatic amines is 1. The molecule has 0 bridgehead atoms. The molecular weight excluding hydrogens is 429 g/mol. The Morgan fingerprint density at radius 3 is 2.53 bits per heavy atom. The quantitative estimate of drug-likeness (QED) is 0.400. The number of carbonyl (C=O) groups excluding carboxylic acids is 1. The van der Waals surface area contributed by atoms with Crippen molar-refractivity contribution in [2.75, 3.05) is 5.32 Å². The number of carbonyl (C=O) groups is 1. The van der Waals surface area contributed by atoms with Crippen LogP contribution in [-0.2, 0) is 13.1 Å². The third-order valence-corrected chi connectivity index (χ3v) is 5.47. The van der Waals surface area contributed by atoms with E-state index in [0.717, 1.165) is 22.0 Å². The van der Waals surface area contributed by atoms with Gasteiger partial charge in [0, 0.05) is 17.1 Å². The molecule has 1 heterocycles. The lowest BCUT2D eigenvalue weighted by Crippen LogP contribution is -2.36. The SMILES string of the molecule is Cc1cccc2cc(CN(Cc3ccc(Cl)cc3)C(=O)Nc3ccccc3F)c(=O)[nH]c12. The summed E-state index contributed by atoms with van der Waals surface area (Å²) in [4.78, 5) is 30.2. The summed E-state index contributed by atoms with van der Waals surface area (Å²) in [6.07, 6.45) is 0. The summed E-state index contributed by atoms with van der Waals surface area (Å²) in [7, 11) is 0. The third-order valence-electron chi connectivity index (χ3n) is 5.22. The van der Waals surface area contributed by atoms with Crippen molar-refractivity contribution in [1.29, 1.82) is 0 Å². The standard InChI is InChI=1S/C25H21ClFN3O2/c1-16-5-4-6-18-13-19(24(31)29-23(16)18)15-30(14-17-9-11-20(26)12-10-17)25(32)28-22-8-3-2-7-21(22)27/h2-13H,14-15H2,1H3,(H,28,32)(H,29,31). The van der Waals surface area contributed by atoms with Crippen LogP contribution in [0.4, 0.5) is 14.9 Å². The molecule has 1 aromatic heterocycles. The normalized spacial score (nSPS) is 10.8. The molecule has 0 aliphatic heterocycles. The Morgan fingerprint density at radius 2 is 1.78 bits per heavy atom. The number of hydrogen-bond acceptors (Lipinski definition) is 2. The van der Waals surface area contributed by atoms with Crippen molar-refractivity contribution in [3.8, 4) is 0 Å². The van der Waals surface area contributed by atoms with Gasteiger partial charge in [-0.1, -0.05) is 54.1 Å². The Labute approximate surface area is 189 Å². The number of aromatic nitrogens is 1. The van der Waals surface area contributed by atoms with E-state index in [4.69, 9.17) is 11.6 Å². The minimum atomic E-state index is -0.536. The number of para-hydroxylation sites is 2. The van der Waals surface area contributed by atoms with Gasteiger partial charge in [0.1, 0.15) is 5.82 Å². The van der Waals surface area contributed by atoms with Gasteiger partial charge in [0.2, 0.25) is 0 Å². The van der Waals surface area contributed by atoms with Crippen LogP contribution in [0, 0.1) is 12.7 Å². The van der Waals surface area contributed by atoms with E-state index in [1.807, 2.05) is 25.1 Å². The van der Waals surface area contributed by atoms with Crippen molar-refractivity contribution in [3.05, 3.63) is 111 Å². The number of fused-ring (bicyclic) bond motifs is 1. The highest BCUT2D eigenvalue weighted by atomic mass is 35.5. The van der Waals surface area contributed by atoms with Crippen LogP contribution >= 0.6 is 11.6 Å². The van der Waals surface area contributed by atoms with Gasteiger partial charge in [0.05, 0.1) is 17.7 Å². The lowest BCUT2D eigenvalue weighted by molar-refractivity contribution is 0.206. The van der Waals surface area contributed by atoms with Crippen LogP contribution in [0.2, 0.25) is 5.02 Å². The molecule has 2 N–H and O–H groups in total. The van der Waals surface area contributed by atoms with Crippen molar-refractivity contribution in [3.63, 3.8) is 0 Å². The number of nitrogens with zero attached hydrogens (tertiary/aromatic N) is 1. The fourth-order valence-electron chi connectivity index (χ4n) is 3.52. The highest BCUT2D eigenvalue weighted by Gasteiger charge is 2.18. The highest BCUT2D eigenvalue weighted by molar-refractivity contribution is 6.30. The van der Waals surface area contributed by atoms with E-state index in [1.165, 1.54) is 17.0 Å². The van der Waals surface area contributed by atoms with E-state index in [-0.39, 0.29) is 24.3 Å². The van der Waals surface area contributed by atoms with Gasteiger partial charge in [-0.05, 0) is 53.8 Å². The predicted octanol–water partition coefficient (Wildman–Crippen LogP) is 5.86. The molecule has 3 aromatic carbocycles. The zero-order chi connectivity index (χ0) is 22.7. The molecule has 0 spiro atoms. The number of benzene rings is 3. The molecule has 0 radical (unpaired) electrons. The molecule has 0 saturated heterocycles. The molecular formula is C25H21ClFN3O2. The average Bonchev–Trinajstić information content (AvgIpc) is 2.77. The number of halogens is 2. The van der Waals surface area contributed by atoms with Crippen LogP contribution in [0.5, 0.6) is 0 Å². The van der Waals surface area contributed by atoms with Gasteiger partial charge in [-0.2, -0.15) is 0 Å². The van der Waals surface area contributed by atoms with Crippen LogP contribution in [0.15, 0.2) is 77.6 Å². The van der Waals surface area contributed by atoms with Gasteiger partial charge in [-0.3, -0.25) is 4.79 Å². The summed E-state index contributed by atoms with van der Waals surface area (Å²) >= 11 is 5.97. The zero-order valence-electron chi connectivity index (χ0n) is 17.4. The molecule has 0 unspecified atom stereocenters. The maximum absolute atomic E-state index is 14.1. The van der Waals surface area contributed by atoms with Gasteiger partial charge < -0.3 is 15.2 Å². The Hall–Kier alpha value is -3.64. The Morgan fingerprint density at radius 1 is 1.03 bits per heavy atom. The van der Waals surface area contributed by atoms with Crippen LogP contribution in [0.1, 0.15) is 16.7 Å². The van der Waals surface area contributed by atoms with Crippen molar-refractivity contribution >= 4 is 34.2 Å². The second kappa shape index (κ2) is 9.24. The number of pyridine rings is 1. The van der Waals surface area contributed by atoms with Crippen LogP contribution < -0.4 is 10.9 Å². The van der Waals surface area contributed by atoms with E-state index in [0.29, 0.717) is 10.6 Å². The van der Waals surface area contributed by atoms with E-state index in [9.17, 15) is 14.0 Å².